The van der Waals surface area contributed by atoms with Gasteiger partial charge in [-0.1, -0.05) is 6.92 Å². The van der Waals surface area contributed by atoms with Gasteiger partial charge >= 0.3 is 0 Å². The normalized spacial score (nSPS) is 12.9. The number of amides is 3. The van der Waals surface area contributed by atoms with E-state index in [0.29, 0.717) is 47.9 Å². The Morgan fingerprint density at radius 2 is 1.74 bits per heavy atom. The fourth-order valence-corrected chi connectivity index (χ4v) is 4.22. The average Bonchev–Trinajstić information content (AvgIpc) is 3.24. The van der Waals surface area contributed by atoms with Crippen molar-refractivity contribution in [3.63, 3.8) is 0 Å². The zero-order valence-corrected chi connectivity index (χ0v) is 19.4. The highest BCUT2D eigenvalue weighted by Gasteiger charge is 2.34. The minimum Gasteiger partial charge on any atom is -0.497 e. The second kappa shape index (κ2) is 9.38. The highest BCUT2D eigenvalue weighted by atomic mass is 16.5. The number of carbonyl (C=O) groups is 3. The van der Waals surface area contributed by atoms with Gasteiger partial charge in [0.25, 0.3) is 11.8 Å². The topological polar surface area (TPSA) is 111 Å². The molecule has 0 fully saturated rings. The van der Waals surface area contributed by atoms with E-state index in [1.54, 1.807) is 41.2 Å². The molecule has 0 bridgehead atoms. The molecule has 0 saturated carbocycles. The number of hydrogen-bond acceptors (Lipinski definition) is 5. The number of fused-ring (bicyclic) bond motifs is 1. The highest BCUT2D eigenvalue weighted by Crippen LogP contribution is 2.30. The van der Waals surface area contributed by atoms with Gasteiger partial charge in [0, 0.05) is 37.0 Å². The third-order valence-corrected chi connectivity index (χ3v) is 5.87. The SMILES string of the molecule is CCCN(C(C)=O)c1ccc(N2CCc3c(C(N)=O)nn(-c4ccc(OC)cc4)c3C2=O)cc1. The molecule has 1 aliphatic heterocycles. The lowest BCUT2D eigenvalue weighted by molar-refractivity contribution is -0.116. The van der Waals surface area contributed by atoms with E-state index in [2.05, 4.69) is 5.10 Å². The maximum atomic E-state index is 13.6. The molecule has 0 radical (unpaired) electrons. The van der Waals surface area contributed by atoms with Crippen LogP contribution in [0.1, 0.15) is 46.8 Å². The van der Waals surface area contributed by atoms with Crippen molar-refractivity contribution < 1.29 is 19.1 Å². The smallest absolute Gasteiger partial charge is 0.277 e. The third-order valence-electron chi connectivity index (χ3n) is 5.87. The second-order valence-electron chi connectivity index (χ2n) is 8.04. The molecule has 0 spiro atoms. The molecule has 4 rings (SSSR count). The van der Waals surface area contributed by atoms with Gasteiger partial charge in [-0.3, -0.25) is 14.4 Å². The predicted octanol–water partition coefficient (Wildman–Crippen LogP) is 2.95. The molecule has 2 aromatic carbocycles. The summed E-state index contributed by atoms with van der Waals surface area (Å²) in [6.45, 7) is 4.55. The van der Waals surface area contributed by atoms with Crippen molar-refractivity contribution in [3.8, 4) is 11.4 Å². The molecule has 3 aromatic rings. The number of methoxy groups -OCH3 is 1. The van der Waals surface area contributed by atoms with Gasteiger partial charge in [-0.15, -0.1) is 0 Å². The summed E-state index contributed by atoms with van der Waals surface area (Å²) in [7, 11) is 1.57. The Morgan fingerprint density at radius 3 is 2.29 bits per heavy atom. The Morgan fingerprint density at radius 1 is 1.09 bits per heavy atom. The van der Waals surface area contributed by atoms with Crippen LogP contribution in [-0.4, -0.2) is 47.7 Å². The number of aromatic nitrogens is 2. The maximum Gasteiger partial charge on any atom is 0.277 e. The summed E-state index contributed by atoms with van der Waals surface area (Å²) >= 11 is 0. The van der Waals surface area contributed by atoms with E-state index < -0.39 is 5.91 Å². The number of hydrogen-bond donors (Lipinski definition) is 1. The average molecular weight is 462 g/mol. The Hall–Kier alpha value is -4.14. The van der Waals surface area contributed by atoms with Crippen molar-refractivity contribution in [1.82, 2.24) is 9.78 Å². The molecular weight excluding hydrogens is 434 g/mol. The number of rotatable bonds is 7. The van der Waals surface area contributed by atoms with Crippen molar-refractivity contribution in [1.29, 1.82) is 0 Å². The van der Waals surface area contributed by atoms with Crippen molar-refractivity contribution in [2.75, 3.05) is 30.0 Å². The summed E-state index contributed by atoms with van der Waals surface area (Å²) in [6.07, 6.45) is 1.28. The fourth-order valence-electron chi connectivity index (χ4n) is 4.22. The van der Waals surface area contributed by atoms with Crippen molar-refractivity contribution >= 4 is 29.1 Å². The van der Waals surface area contributed by atoms with E-state index in [0.717, 1.165) is 12.1 Å². The number of nitrogens with zero attached hydrogens (tertiary/aromatic N) is 4. The van der Waals surface area contributed by atoms with Gasteiger partial charge in [0.15, 0.2) is 5.69 Å². The Balaban J connectivity index is 1.71. The summed E-state index contributed by atoms with van der Waals surface area (Å²) in [5, 5.41) is 4.38. The molecule has 0 aliphatic carbocycles. The highest BCUT2D eigenvalue weighted by molar-refractivity contribution is 6.09. The van der Waals surface area contributed by atoms with Gasteiger partial charge in [0.05, 0.1) is 12.8 Å². The van der Waals surface area contributed by atoms with Crippen LogP contribution in [0.15, 0.2) is 48.5 Å². The van der Waals surface area contributed by atoms with Gasteiger partial charge in [0.2, 0.25) is 5.91 Å². The van der Waals surface area contributed by atoms with Crippen LogP contribution in [0.4, 0.5) is 11.4 Å². The van der Waals surface area contributed by atoms with Crippen molar-refractivity contribution in [3.05, 3.63) is 65.5 Å². The molecule has 34 heavy (non-hydrogen) atoms. The fraction of sp³-hybridized carbons (Fsp3) is 0.280. The van der Waals surface area contributed by atoms with Crippen LogP contribution in [0.2, 0.25) is 0 Å². The lowest BCUT2D eigenvalue weighted by Crippen LogP contribution is -2.39. The molecule has 9 nitrogen and oxygen atoms in total. The molecule has 176 valence electrons. The molecule has 0 unspecified atom stereocenters. The number of primary amides is 1. The number of anilines is 2. The van der Waals surface area contributed by atoms with Crippen LogP contribution in [0.3, 0.4) is 0 Å². The molecule has 1 aromatic heterocycles. The summed E-state index contributed by atoms with van der Waals surface area (Å²) in [6, 6.07) is 14.4. The van der Waals surface area contributed by atoms with Crippen LogP contribution in [0, 0.1) is 0 Å². The second-order valence-corrected chi connectivity index (χ2v) is 8.04. The van der Waals surface area contributed by atoms with Crippen LogP contribution in [0.5, 0.6) is 5.75 Å². The van der Waals surface area contributed by atoms with Gasteiger partial charge in [-0.05, 0) is 61.4 Å². The van der Waals surface area contributed by atoms with Gasteiger partial charge < -0.3 is 20.3 Å². The zero-order chi connectivity index (χ0) is 24.4. The molecule has 2 heterocycles. The van der Waals surface area contributed by atoms with E-state index in [-0.39, 0.29) is 17.5 Å². The molecule has 0 atom stereocenters. The monoisotopic (exact) mass is 461 g/mol. The van der Waals surface area contributed by atoms with Crippen molar-refractivity contribution in [2.24, 2.45) is 5.73 Å². The van der Waals surface area contributed by atoms with E-state index in [4.69, 9.17) is 10.5 Å². The Kier molecular flexibility index (Phi) is 6.36. The molecule has 2 N–H and O–H groups in total. The Bertz CT molecular complexity index is 1230. The number of benzene rings is 2. The summed E-state index contributed by atoms with van der Waals surface area (Å²) in [5.41, 5.74) is 8.62. The lowest BCUT2D eigenvalue weighted by atomic mass is 10.0. The standard InChI is InChI=1S/C25H27N5O4/c1-4-14-28(16(2)31)17-5-7-18(8-6-17)29-15-13-21-22(24(26)32)27-30(23(21)25(29)33)19-9-11-20(34-3)12-10-19/h5-12H,4,13-15H2,1-3H3,(H2,26,32). The van der Waals surface area contributed by atoms with Crippen LogP contribution in [-0.2, 0) is 11.2 Å². The summed E-state index contributed by atoms with van der Waals surface area (Å²) in [5.74, 6) is -0.317. The minimum atomic E-state index is -0.672. The Labute approximate surface area is 197 Å². The molecular formula is C25H27N5O4. The first-order chi connectivity index (χ1) is 16.3. The lowest BCUT2D eigenvalue weighted by Gasteiger charge is -2.28. The zero-order valence-electron chi connectivity index (χ0n) is 19.4. The van der Waals surface area contributed by atoms with E-state index >= 15 is 0 Å². The minimum absolute atomic E-state index is 0.0318. The first-order valence-corrected chi connectivity index (χ1v) is 11.1. The molecule has 9 heteroatoms. The molecule has 0 saturated heterocycles. The van der Waals surface area contributed by atoms with E-state index in [1.807, 2.05) is 31.2 Å². The van der Waals surface area contributed by atoms with E-state index in [9.17, 15) is 14.4 Å². The predicted molar refractivity (Wildman–Crippen MR) is 129 cm³/mol. The van der Waals surface area contributed by atoms with Gasteiger partial charge in [-0.25, -0.2) is 4.68 Å². The first-order valence-electron chi connectivity index (χ1n) is 11.1. The number of carbonyl (C=O) groups excluding carboxylic acids is 3. The van der Waals surface area contributed by atoms with Crippen LogP contribution in [0.25, 0.3) is 5.69 Å². The third kappa shape index (κ3) is 4.12. The van der Waals surface area contributed by atoms with Gasteiger partial charge in [-0.2, -0.15) is 5.10 Å². The quantitative estimate of drug-likeness (QED) is 0.582. The van der Waals surface area contributed by atoms with Gasteiger partial charge in [0.1, 0.15) is 11.4 Å². The van der Waals surface area contributed by atoms with Crippen LogP contribution < -0.4 is 20.3 Å². The van der Waals surface area contributed by atoms with Crippen molar-refractivity contribution in [2.45, 2.75) is 26.7 Å². The summed E-state index contributed by atoms with van der Waals surface area (Å²) in [4.78, 5) is 41.0. The maximum absolute atomic E-state index is 13.6. The molecule has 3 amide bonds. The number of nitrogens with two attached hydrogens (primary N) is 1. The number of ether oxygens (including phenoxy) is 1. The largest absolute Gasteiger partial charge is 0.497 e. The summed E-state index contributed by atoms with van der Waals surface area (Å²) < 4.78 is 6.68. The van der Waals surface area contributed by atoms with E-state index in [1.165, 1.54) is 11.6 Å². The first kappa shape index (κ1) is 23.0. The molecule has 1 aliphatic rings. The van der Waals surface area contributed by atoms with Crippen LogP contribution >= 0.6 is 0 Å².